The lowest BCUT2D eigenvalue weighted by Gasteiger charge is -1.85. The predicted molar refractivity (Wildman–Crippen MR) is 42.7 cm³/mol. The van der Waals surface area contributed by atoms with E-state index in [0.29, 0.717) is 0 Å². The highest BCUT2D eigenvalue weighted by atomic mass is 31.1. The monoisotopic (exact) mass is 230 g/mol. The second-order valence-corrected chi connectivity index (χ2v) is 2.36. The summed E-state index contributed by atoms with van der Waals surface area (Å²) in [5, 5.41) is 25.6. The van der Waals surface area contributed by atoms with E-state index in [4.69, 9.17) is 16.6 Å². The molecule has 15 heavy (non-hydrogen) atoms. The van der Waals surface area contributed by atoms with Gasteiger partial charge in [-0.3, -0.25) is 0 Å². The lowest BCUT2D eigenvalue weighted by molar-refractivity contribution is 0.862. The van der Waals surface area contributed by atoms with Gasteiger partial charge in [0.05, 0.1) is 9.74 Å². The van der Waals surface area contributed by atoms with E-state index in [1.54, 1.807) is 0 Å². The molecule has 0 aliphatic heterocycles. The van der Waals surface area contributed by atoms with E-state index in [2.05, 4.69) is 56.7 Å². The maximum atomic E-state index is 6.31. The van der Waals surface area contributed by atoms with Gasteiger partial charge >= 0.3 is 8.01 Å². The fraction of sp³-hybridized carbons (Fsp3) is 0. The van der Waals surface area contributed by atoms with E-state index in [1.807, 2.05) is 0 Å². The molecule has 0 spiro atoms. The first-order chi connectivity index (χ1) is 7.35. The van der Waals surface area contributed by atoms with Crippen molar-refractivity contribution in [2.75, 3.05) is 0 Å². The van der Waals surface area contributed by atoms with Gasteiger partial charge in [-0.1, -0.05) is 0 Å². The van der Waals surface area contributed by atoms with E-state index in [-0.39, 0.29) is 0 Å². The summed E-state index contributed by atoms with van der Waals surface area (Å²) in [7, 11) is -1.90. The normalized spacial score (nSPS) is 12.4. The van der Waals surface area contributed by atoms with Gasteiger partial charge < -0.3 is 0 Å². The van der Waals surface area contributed by atoms with Gasteiger partial charge in [-0.25, -0.2) is 16.0 Å². The molecule has 15 heteroatoms. The molecule has 0 heterocycles. The van der Waals surface area contributed by atoms with Gasteiger partial charge in [0.25, 0.3) is 0 Å². The molecule has 1 unspecified atom stereocenters. The van der Waals surface area contributed by atoms with Crippen molar-refractivity contribution in [1.82, 2.24) is 0 Å². The average Bonchev–Trinajstić information content (AvgIpc) is 2.25. The largest absolute Gasteiger partial charge is 0.468 e. The maximum Gasteiger partial charge on any atom is 0.468 e. The van der Waals surface area contributed by atoms with Crippen molar-refractivity contribution in [2.24, 2.45) is 51.5 Å². The highest BCUT2D eigenvalue weighted by Gasteiger charge is 2.06. The van der Waals surface area contributed by atoms with Crippen molar-refractivity contribution in [3.05, 3.63) is 5.20 Å². The zero-order valence-electron chi connectivity index (χ0n) is 6.87. The van der Waals surface area contributed by atoms with Crippen molar-refractivity contribution in [3.63, 3.8) is 0 Å². The van der Waals surface area contributed by atoms with Crippen LogP contribution < -0.4 is 0 Å². The summed E-state index contributed by atoms with van der Waals surface area (Å²) >= 11 is 0. The average molecular weight is 230 g/mol. The molecule has 0 saturated carbocycles. The van der Waals surface area contributed by atoms with Crippen LogP contribution in [-0.2, 0) is 0 Å². The fourth-order valence-electron chi connectivity index (χ4n) is 0.257. The summed E-state index contributed by atoms with van der Waals surface area (Å²) in [6, 6.07) is 0. The summed E-state index contributed by atoms with van der Waals surface area (Å²) in [6.45, 7) is 0. The van der Waals surface area contributed by atoms with Crippen molar-refractivity contribution < 1.29 is 0 Å². The molecule has 0 amide bonds. The molecule has 78 valence electrons. The van der Waals surface area contributed by atoms with Crippen LogP contribution in [0, 0.1) is 16.6 Å². The van der Waals surface area contributed by atoms with Crippen molar-refractivity contribution in [3.8, 4) is 0 Å². The smallest absolute Gasteiger partial charge is 0.241 e. The molecule has 0 aliphatic rings. The second kappa shape index (κ2) is 9.59. The van der Waals surface area contributed by atoms with Gasteiger partial charge in [0, 0.05) is 10.4 Å². The summed E-state index contributed by atoms with van der Waals surface area (Å²) < 4.78 is 0. The SMILES string of the molecule is N=NN=N/[P+](=N/N=N/N=N)[N-]/N=N/N=N. The molecule has 14 nitrogen and oxygen atoms in total. The molecule has 0 saturated heterocycles. The summed E-state index contributed by atoms with van der Waals surface area (Å²) in [6.07, 6.45) is 0. The van der Waals surface area contributed by atoms with Crippen LogP contribution in [0.2, 0.25) is 0 Å². The molecule has 0 rings (SSSR count). The Labute approximate surface area is 82.3 Å². The van der Waals surface area contributed by atoms with Crippen molar-refractivity contribution >= 4 is 8.01 Å². The van der Waals surface area contributed by atoms with E-state index in [1.165, 1.54) is 0 Å². The first-order valence-corrected chi connectivity index (χ1v) is 4.07. The zero-order valence-corrected chi connectivity index (χ0v) is 7.76. The number of nitrogens with zero attached hydrogens (tertiary/aromatic N) is 11. The zero-order chi connectivity index (χ0) is 11.4. The topological polar surface area (TPSA) is 209 Å². The molecule has 0 aromatic carbocycles. The minimum atomic E-state index is -1.90. The van der Waals surface area contributed by atoms with E-state index in [9.17, 15) is 0 Å². The second-order valence-electron chi connectivity index (χ2n) is 1.28. The molecular weight excluding hydrogens is 227 g/mol. The third-order valence-electron chi connectivity index (χ3n) is 0.574. The van der Waals surface area contributed by atoms with Gasteiger partial charge in [-0.15, -0.1) is 10.4 Å². The molecule has 0 aromatic heterocycles. The fourth-order valence-corrected chi connectivity index (χ4v) is 0.690. The van der Waals surface area contributed by atoms with Gasteiger partial charge in [-0.05, 0) is 15.7 Å². The predicted octanol–water partition coefficient (Wildman–Crippen LogP) is 3.88. The number of nitrogens with one attached hydrogen (secondary N) is 3. The standard InChI is InChI=1S/H3N14P/c1-4-7-10-13-15(12-9-6-3)14-11-8-5-2/h1-3H/b4-1?,5-2?,6-3?,10-7+,11-8+,12-9?. The van der Waals surface area contributed by atoms with E-state index >= 15 is 0 Å². The number of rotatable bonds is 7. The van der Waals surface area contributed by atoms with Crippen LogP contribution in [-0.4, -0.2) is 0 Å². The Morgan fingerprint density at radius 3 is 2.07 bits per heavy atom. The summed E-state index contributed by atoms with van der Waals surface area (Å²) in [5.41, 5.74) is 18.8. The Bertz CT molecular complexity index is 314. The van der Waals surface area contributed by atoms with Crippen molar-refractivity contribution in [2.45, 2.75) is 0 Å². The molecular formula is H3N14P. The number of hydrogen-bond acceptors (Lipinski definition) is 4. The lowest BCUT2D eigenvalue weighted by atomic mass is 12.5. The van der Waals surface area contributed by atoms with Gasteiger partial charge in [0.1, 0.15) is 0 Å². The third-order valence-corrected chi connectivity index (χ3v) is 1.29. The van der Waals surface area contributed by atoms with Gasteiger partial charge in [-0.2, -0.15) is 11.1 Å². The van der Waals surface area contributed by atoms with Gasteiger partial charge in [0.15, 0.2) is 0 Å². The Kier molecular flexibility index (Phi) is 7.99. The maximum absolute atomic E-state index is 6.31. The highest BCUT2D eigenvalue weighted by Crippen LogP contribution is 2.36. The van der Waals surface area contributed by atoms with E-state index in [0.717, 1.165) is 0 Å². The first-order valence-electron chi connectivity index (χ1n) is 2.87. The van der Waals surface area contributed by atoms with Crippen LogP contribution in [0.1, 0.15) is 0 Å². The highest BCUT2D eigenvalue weighted by molar-refractivity contribution is 7.48. The Morgan fingerprint density at radius 2 is 1.47 bits per heavy atom. The van der Waals surface area contributed by atoms with Crippen LogP contribution in [0.3, 0.4) is 0 Å². The molecule has 0 bridgehead atoms. The van der Waals surface area contributed by atoms with Gasteiger partial charge in [0.2, 0.25) is 0 Å². The Balaban J connectivity index is 4.48. The lowest BCUT2D eigenvalue weighted by Crippen LogP contribution is -1.53. The first kappa shape index (κ1) is 12.5. The van der Waals surface area contributed by atoms with Crippen LogP contribution in [0.5, 0.6) is 0 Å². The molecule has 3 N–H and O–H groups in total. The number of hydrogen-bond donors (Lipinski definition) is 3. The molecule has 0 aliphatic carbocycles. The van der Waals surface area contributed by atoms with Crippen LogP contribution in [0.25, 0.3) is 5.20 Å². The molecule has 0 aromatic rings. The molecule has 1 atom stereocenters. The summed E-state index contributed by atoms with van der Waals surface area (Å²) in [4.78, 5) is 6.58. The van der Waals surface area contributed by atoms with Crippen LogP contribution in [0.15, 0.2) is 51.5 Å². The minimum absolute atomic E-state index is 1.90. The molecule has 0 fully saturated rings. The quantitative estimate of drug-likeness (QED) is 0.322. The van der Waals surface area contributed by atoms with Crippen LogP contribution in [0.4, 0.5) is 0 Å². The molecule has 0 radical (unpaired) electrons. The Hall–Kier alpha value is -2.50. The Morgan fingerprint density at radius 1 is 0.800 bits per heavy atom. The van der Waals surface area contributed by atoms with Crippen molar-refractivity contribution in [1.29, 1.82) is 16.6 Å². The minimum Gasteiger partial charge on any atom is -0.241 e. The summed E-state index contributed by atoms with van der Waals surface area (Å²) in [5.74, 6) is 0. The van der Waals surface area contributed by atoms with Crippen LogP contribution >= 0.6 is 8.01 Å². The third kappa shape index (κ3) is 7.85. The van der Waals surface area contributed by atoms with E-state index < -0.39 is 8.01 Å².